The molecule has 0 bridgehead atoms. The Labute approximate surface area is 232 Å². The van der Waals surface area contributed by atoms with Crippen LogP contribution in [0.2, 0.25) is 0 Å². The van der Waals surface area contributed by atoms with E-state index in [0.29, 0.717) is 0 Å². The summed E-state index contributed by atoms with van der Waals surface area (Å²) < 4.78 is 5.61. The van der Waals surface area contributed by atoms with Gasteiger partial charge in [-0.1, -0.05) is 75.9 Å². The molecule has 7 rings (SSSR count). The van der Waals surface area contributed by atoms with Gasteiger partial charge in [0.15, 0.2) is 0 Å². The summed E-state index contributed by atoms with van der Waals surface area (Å²) in [5.74, 6) is 0. The van der Waals surface area contributed by atoms with Gasteiger partial charge in [-0.25, -0.2) is 0 Å². The molecule has 0 spiro atoms. The van der Waals surface area contributed by atoms with Crippen LogP contribution in [0.3, 0.4) is 0 Å². The Kier molecular flexibility index (Phi) is 6.34. The van der Waals surface area contributed by atoms with Gasteiger partial charge in [0, 0.05) is 40.3 Å². The first kappa shape index (κ1) is 24.1. The van der Waals surface area contributed by atoms with E-state index in [-0.39, 0.29) is 0 Å². The Morgan fingerprint density at radius 3 is 1.29 bits per heavy atom. The third-order valence-electron chi connectivity index (χ3n) is 8.25. The van der Waals surface area contributed by atoms with Gasteiger partial charge in [0.25, 0.3) is 0 Å². The summed E-state index contributed by atoms with van der Waals surface area (Å²) in [5, 5.41) is 11.1. The number of thiophene rings is 2. The maximum absolute atomic E-state index is 2.46. The van der Waals surface area contributed by atoms with Gasteiger partial charge >= 0.3 is 0 Å². The maximum atomic E-state index is 2.46. The first-order valence-electron chi connectivity index (χ1n) is 14.4. The SMILES string of the molecule is CCCCCc1ccc2cc3c(cc2c1)sc1cc2c(cc13)sc1cc3cc(CCCCC)ccc3cc12. The smallest absolute Gasteiger partial charge is 0.0362 e. The van der Waals surface area contributed by atoms with Crippen molar-refractivity contribution in [2.24, 2.45) is 0 Å². The van der Waals surface area contributed by atoms with Crippen LogP contribution in [-0.2, 0) is 12.8 Å². The molecule has 0 nitrogen and oxygen atoms in total. The van der Waals surface area contributed by atoms with E-state index < -0.39 is 0 Å². The minimum absolute atomic E-state index is 1.19. The number of benzene rings is 5. The van der Waals surface area contributed by atoms with Crippen molar-refractivity contribution in [2.75, 3.05) is 0 Å². The van der Waals surface area contributed by atoms with Crippen molar-refractivity contribution in [2.45, 2.75) is 65.2 Å². The van der Waals surface area contributed by atoms with Gasteiger partial charge in [-0.15, -0.1) is 22.7 Å². The van der Waals surface area contributed by atoms with Crippen LogP contribution in [0.25, 0.3) is 61.9 Å². The summed E-state index contributed by atoms with van der Waals surface area (Å²) in [6, 6.07) is 28.8. The quantitative estimate of drug-likeness (QED) is 0.171. The molecule has 2 aromatic heterocycles. The molecule has 0 amide bonds. The Morgan fingerprint density at radius 1 is 0.421 bits per heavy atom. The highest BCUT2D eigenvalue weighted by Gasteiger charge is 2.13. The molecule has 0 aliphatic heterocycles. The number of hydrogen-bond donors (Lipinski definition) is 0. The predicted octanol–water partition coefficient (Wildman–Crippen LogP) is 12.2. The van der Waals surface area contributed by atoms with E-state index in [9.17, 15) is 0 Å². The lowest BCUT2D eigenvalue weighted by molar-refractivity contribution is 0.718. The minimum Gasteiger partial charge on any atom is -0.135 e. The van der Waals surface area contributed by atoms with Crippen LogP contribution >= 0.6 is 22.7 Å². The topological polar surface area (TPSA) is 0 Å². The third kappa shape index (κ3) is 4.28. The lowest BCUT2D eigenvalue weighted by Gasteiger charge is -2.04. The Balaban J connectivity index is 1.32. The second kappa shape index (κ2) is 9.98. The molecule has 0 aliphatic carbocycles. The second-order valence-electron chi connectivity index (χ2n) is 11.0. The van der Waals surface area contributed by atoms with E-state index in [0.717, 1.165) is 0 Å². The van der Waals surface area contributed by atoms with E-state index in [2.05, 4.69) is 86.6 Å². The molecule has 190 valence electrons. The van der Waals surface area contributed by atoms with Crippen molar-refractivity contribution in [1.82, 2.24) is 0 Å². The van der Waals surface area contributed by atoms with E-state index in [1.54, 1.807) is 0 Å². The zero-order valence-electron chi connectivity index (χ0n) is 22.4. The summed E-state index contributed by atoms with van der Waals surface area (Å²) in [6.45, 7) is 4.55. The average Bonchev–Trinajstić information content (AvgIpc) is 3.45. The van der Waals surface area contributed by atoms with Crippen LogP contribution in [0.4, 0.5) is 0 Å². The summed E-state index contributed by atoms with van der Waals surface area (Å²) >= 11 is 3.90. The van der Waals surface area contributed by atoms with Crippen LogP contribution in [0.15, 0.2) is 72.8 Å². The molecule has 2 heterocycles. The molecule has 5 aromatic carbocycles. The van der Waals surface area contributed by atoms with Crippen LogP contribution < -0.4 is 0 Å². The van der Waals surface area contributed by atoms with Crippen LogP contribution in [0.5, 0.6) is 0 Å². The highest BCUT2D eigenvalue weighted by molar-refractivity contribution is 7.27. The van der Waals surface area contributed by atoms with Gasteiger partial charge in [0.05, 0.1) is 0 Å². The standard InChI is InChI=1S/C36H34S2/c1-3-5-7-9-23-11-13-25-17-29-31-21-36-32(22-35(31)37-33(29)19-27(25)15-23)30-18-26-14-12-24(10-8-6-4-2)16-28(26)20-34(30)38-36/h11-22H,3-10H2,1-2H3. The average molecular weight is 531 g/mol. The zero-order valence-corrected chi connectivity index (χ0v) is 24.0. The van der Waals surface area contributed by atoms with Gasteiger partial charge in [0.2, 0.25) is 0 Å². The van der Waals surface area contributed by atoms with E-state index in [1.165, 1.54) is 124 Å². The lowest BCUT2D eigenvalue weighted by Crippen LogP contribution is -1.85. The fraction of sp³-hybridized carbons (Fsp3) is 0.278. The monoisotopic (exact) mass is 530 g/mol. The summed E-state index contributed by atoms with van der Waals surface area (Å²) in [6.07, 6.45) is 10.1. The van der Waals surface area contributed by atoms with E-state index >= 15 is 0 Å². The van der Waals surface area contributed by atoms with E-state index in [4.69, 9.17) is 0 Å². The molecule has 2 heteroatoms. The molecule has 0 saturated heterocycles. The van der Waals surface area contributed by atoms with Crippen molar-refractivity contribution < 1.29 is 0 Å². The maximum Gasteiger partial charge on any atom is 0.0362 e. The molecule has 7 aromatic rings. The summed E-state index contributed by atoms with van der Waals surface area (Å²) in [4.78, 5) is 0. The lowest BCUT2D eigenvalue weighted by atomic mass is 10.00. The number of hydrogen-bond acceptors (Lipinski definition) is 2. The molecular weight excluding hydrogens is 497 g/mol. The molecule has 0 atom stereocenters. The van der Waals surface area contributed by atoms with Gasteiger partial charge in [-0.2, -0.15) is 0 Å². The molecule has 0 fully saturated rings. The highest BCUT2D eigenvalue weighted by Crippen LogP contribution is 2.43. The highest BCUT2D eigenvalue weighted by atomic mass is 32.1. The fourth-order valence-corrected chi connectivity index (χ4v) is 8.41. The molecular formula is C36H34S2. The van der Waals surface area contributed by atoms with Crippen LogP contribution in [-0.4, -0.2) is 0 Å². The minimum atomic E-state index is 1.19. The Hall–Kier alpha value is -2.94. The van der Waals surface area contributed by atoms with Gasteiger partial charge in [0.1, 0.15) is 0 Å². The molecule has 38 heavy (non-hydrogen) atoms. The number of rotatable bonds is 8. The second-order valence-corrected chi connectivity index (χ2v) is 13.2. The summed E-state index contributed by atoms with van der Waals surface area (Å²) in [5.41, 5.74) is 2.94. The van der Waals surface area contributed by atoms with Crippen LogP contribution in [0, 0.1) is 0 Å². The van der Waals surface area contributed by atoms with Gasteiger partial charge < -0.3 is 0 Å². The van der Waals surface area contributed by atoms with Crippen molar-refractivity contribution in [1.29, 1.82) is 0 Å². The molecule has 0 N–H and O–H groups in total. The van der Waals surface area contributed by atoms with E-state index in [1.807, 2.05) is 22.7 Å². The van der Waals surface area contributed by atoms with Crippen LogP contribution in [0.1, 0.15) is 63.5 Å². The fourth-order valence-electron chi connectivity index (χ4n) is 6.10. The van der Waals surface area contributed by atoms with Crippen molar-refractivity contribution in [3.05, 3.63) is 83.9 Å². The van der Waals surface area contributed by atoms with Gasteiger partial charge in [-0.3, -0.25) is 0 Å². The first-order valence-corrected chi connectivity index (χ1v) is 16.0. The molecule has 0 radical (unpaired) electrons. The zero-order chi connectivity index (χ0) is 25.6. The molecule has 0 aliphatic rings. The van der Waals surface area contributed by atoms with Crippen molar-refractivity contribution in [3.8, 4) is 0 Å². The number of fused-ring (bicyclic) bond motifs is 8. The van der Waals surface area contributed by atoms with Crippen molar-refractivity contribution >= 4 is 84.6 Å². The van der Waals surface area contributed by atoms with Gasteiger partial charge in [-0.05, 0) is 94.8 Å². The molecule has 0 unspecified atom stereocenters. The predicted molar refractivity (Wildman–Crippen MR) is 174 cm³/mol. The largest absolute Gasteiger partial charge is 0.135 e. The summed E-state index contributed by atoms with van der Waals surface area (Å²) in [7, 11) is 0. The molecule has 0 saturated carbocycles. The Bertz CT molecular complexity index is 1810. The third-order valence-corrected chi connectivity index (χ3v) is 10.5. The van der Waals surface area contributed by atoms with Crippen molar-refractivity contribution in [3.63, 3.8) is 0 Å². The number of unbranched alkanes of at least 4 members (excludes halogenated alkanes) is 4. The first-order chi connectivity index (χ1) is 18.7. The Morgan fingerprint density at radius 2 is 0.842 bits per heavy atom. The number of aryl methyl sites for hydroxylation is 2. The normalized spacial score (nSPS) is 12.3.